The zero-order valence-electron chi connectivity index (χ0n) is 11.8. The zero-order chi connectivity index (χ0) is 15.4. The van der Waals surface area contributed by atoms with Gasteiger partial charge in [-0.3, -0.25) is 10.1 Å². The van der Waals surface area contributed by atoms with Crippen molar-refractivity contribution in [2.45, 2.75) is 25.8 Å². The molecule has 0 aliphatic heterocycles. The van der Waals surface area contributed by atoms with Crippen LogP contribution in [0.2, 0.25) is 5.02 Å². The number of nitro groups is 1. The summed E-state index contributed by atoms with van der Waals surface area (Å²) in [5, 5.41) is 11.1. The van der Waals surface area contributed by atoms with E-state index in [0.717, 1.165) is 12.0 Å². The van der Waals surface area contributed by atoms with Gasteiger partial charge in [0.1, 0.15) is 0 Å². The lowest BCUT2D eigenvalue weighted by Crippen LogP contribution is -2.26. The average Bonchev–Trinajstić information content (AvgIpc) is 2.43. The van der Waals surface area contributed by atoms with Crippen LogP contribution in [0.4, 0.5) is 5.69 Å². The third-order valence-corrected chi connectivity index (χ3v) is 3.82. The molecule has 0 heterocycles. The van der Waals surface area contributed by atoms with Gasteiger partial charge in [-0.25, -0.2) is 0 Å². The molecule has 21 heavy (non-hydrogen) atoms. The quantitative estimate of drug-likeness (QED) is 0.677. The molecule has 2 aromatic carbocycles. The second-order valence-corrected chi connectivity index (χ2v) is 5.53. The summed E-state index contributed by atoms with van der Waals surface area (Å²) in [7, 11) is 0. The van der Waals surface area contributed by atoms with Gasteiger partial charge in [0.25, 0.3) is 5.69 Å². The Kier molecular flexibility index (Phi) is 4.94. The summed E-state index contributed by atoms with van der Waals surface area (Å²) in [5.41, 5.74) is 9.44. The van der Waals surface area contributed by atoms with Crippen LogP contribution in [0.25, 0.3) is 0 Å². The fourth-order valence-corrected chi connectivity index (χ4v) is 2.54. The highest BCUT2D eigenvalue weighted by Gasteiger charge is 2.13. The second-order valence-electron chi connectivity index (χ2n) is 5.13. The predicted octanol–water partition coefficient (Wildman–Crippen LogP) is 3.67. The molecule has 0 amide bonds. The number of halogens is 1. The van der Waals surface area contributed by atoms with E-state index in [1.165, 1.54) is 23.3 Å². The molecule has 110 valence electrons. The summed E-state index contributed by atoms with van der Waals surface area (Å²) in [6, 6.07) is 12.5. The van der Waals surface area contributed by atoms with Crippen LogP contribution in [0, 0.1) is 17.0 Å². The molecule has 2 rings (SSSR count). The van der Waals surface area contributed by atoms with Gasteiger partial charge in [0.2, 0.25) is 0 Å². The Hall–Kier alpha value is -1.91. The number of hydrogen-bond acceptors (Lipinski definition) is 3. The van der Waals surface area contributed by atoms with Crippen LogP contribution < -0.4 is 5.73 Å². The standard InChI is InChI=1S/C16H17ClN2O2/c1-11-4-2-3-5-12(11)8-14(18)9-13-6-7-15(19(20)21)10-16(13)17/h2-7,10,14H,8-9,18H2,1H3. The maximum absolute atomic E-state index is 10.7. The normalized spacial score (nSPS) is 12.1. The SMILES string of the molecule is Cc1ccccc1CC(N)Cc1ccc([N+](=O)[O-])cc1Cl. The smallest absolute Gasteiger partial charge is 0.270 e. The highest BCUT2D eigenvalue weighted by atomic mass is 35.5. The highest BCUT2D eigenvalue weighted by Crippen LogP contribution is 2.24. The topological polar surface area (TPSA) is 69.2 Å². The summed E-state index contributed by atoms with van der Waals surface area (Å²) in [6.07, 6.45) is 1.34. The van der Waals surface area contributed by atoms with Crippen LogP contribution >= 0.6 is 11.6 Å². The van der Waals surface area contributed by atoms with Gasteiger partial charge in [-0.05, 0) is 36.5 Å². The zero-order valence-corrected chi connectivity index (χ0v) is 12.5. The maximum Gasteiger partial charge on any atom is 0.270 e. The molecule has 2 N–H and O–H groups in total. The molecule has 0 saturated heterocycles. The monoisotopic (exact) mass is 304 g/mol. The molecular formula is C16H17ClN2O2. The molecule has 0 spiro atoms. The third-order valence-electron chi connectivity index (χ3n) is 3.47. The summed E-state index contributed by atoms with van der Waals surface area (Å²) < 4.78 is 0. The first-order valence-corrected chi connectivity index (χ1v) is 7.08. The van der Waals surface area contributed by atoms with Crippen molar-refractivity contribution in [3.05, 3.63) is 74.3 Å². The van der Waals surface area contributed by atoms with Crippen molar-refractivity contribution >= 4 is 17.3 Å². The second kappa shape index (κ2) is 6.70. The van der Waals surface area contributed by atoms with Crippen molar-refractivity contribution in [1.82, 2.24) is 0 Å². The summed E-state index contributed by atoms with van der Waals surface area (Å²) in [5.74, 6) is 0. The van der Waals surface area contributed by atoms with E-state index in [0.29, 0.717) is 11.4 Å². The molecule has 1 atom stereocenters. The molecule has 0 aliphatic rings. The van der Waals surface area contributed by atoms with E-state index in [1.54, 1.807) is 6.07 Å². The van der Waals surface area contributed by atoms with Gasteiger partial charge in [-0.15, -0.1) is 0 Å². The van der Waals surface area contributed by atoms with Crippen LogP contribution in [0.5, 0.6) is 0 Å². The van der Waals surface area contributed by atoms with E-state index in [2.05, 4.69) is 19.1 Å². The summed E-state index contributed by atoms with van der Waals surface area (Å²) in [6.45, 7) is 2.06. The van der Waals surface area contributed by atoms with Gasteiger partial charge >= 0.3 is 0 Å². The van der Waals surface area contributed by atoms with Gasteiger partial charge < -0.3 is 5.73 Å². The number of rotatable bonds is 5. The molecule has 0 saturated carbocycles. The van der Waals surface area contributed by atoms with Crippen molar-refractivity contribution in [2.24, 2.45) is 5.73 Å². The first-order chi connectivity index (χ1) is 9.97. The van der Waals surface area contributed by atoms with E-state index >= 15 is 0 Å². The maximum atomic E-state index is 10.7. The van der Waals surface area contributed by atoms with Crippen molar-refractivity contribution in [1.29, 1.82) is 0 Å². The Morgan fingerprint density at radius 1 is 1.19 bits per heavy atom. The molecular weight excluding hydrogens is 288 g/mol. The van der Waals surface area contributed by atoms with Crippen LogP contribution in [0.1, 0.15) is 16.7 Å². The van der Waals surface area contributed by atoms with Gasteiger partial charge in [-0.1, -0.05) is 41.9 Å². The number of nitro benzene ring substituents is 1. The number of nitrogens with zero attached hydrogens (tertiary/aromatic N) is 1. The Bertz CT molecular complexity index is 658. The summed E-state index contributed by atoms with van der Waals surface area (Å²) in [4.78, 5) is 10.2. The predicted molar refractivity (Wildman–Crippen MR) is 84.7 cm³/mol. The highest BCUT2D eigenvalue weighted by molar-refractivity contribution is 6.31. The Morgan fingerprint density at radius 2 is 1.86 bits per heavy atom. The largest absolute Gasteiger partial charge is 0.327 e. The van der Waals surface area contributed by atoms with E-state index in [1.807, 2.05) is 12.1 Å². The van der Waals surface area contributed by atoms with Crippen LogP contribution in [-0.4, -0.2) is 11.0 Å². The first kappa shape index (κ1) is 15.5. The Balaban J connectivity index is 2.08. The van der Waals surface area contributed by atoms with E-state index in [-0.39, 0.29) is 11.7 Å². The number of hydrogen-bond donors (Lipinski definition) is 1. The molecule has 2 aromatic rings. The fraction of sp³-hybridized carbons (Fsp3) is 0.250. The Morgan fingerprint density at radius 3 is 2.48 bits per heavy atom. The first-order valence-electron chi connectivity index (χ1n) is 6.70. The minimum atomic E-state index is -0.455. The molecule has 5 heteroatoms. The molecule has 0 aliphatic carbocycles. The van der Waals surface area contributed by atoms with Crippen LogP contribution in [0.15, 0.2) is 42.5 Å². The molecule has 0 aromatic heterocycles. The van der Waals surface area contributed by atoms with E-state index in [4.69, 9.17) is 17.3 Å². The number of aryl methyl sites for hydroxylation is 1. The van der Waals surface area contributed by atoms with Crippen LogP contribution in [0.3, 0.4) is 0 Å². The number of nitrogens with two attached hydrogens (primary N) is 1. The van der Waals surface area contributed by atoms with Gasteiger partial charge in [0.15, 0.2) is 0 Å². The lowest BCUT2D eigenvalue weighted by molar-refractivity contribution is -0.384. The number of non-ortho nitro benzene ring substituents is 1. The Labute approximate surface area is 128 Å². The minimum Gasteiger partial charge on any atom is -0.327 e. The third kappa shape index (κ3) is 4.03. The van der Waals surface area contributed by atoms with Gasteiger partial charge in [-0.2, -0.15) is 0 Å². The lowest BCUT2D eigenvalue weighted by Gasteiger charge is -2.14. The van der Waals surface area contributed by atoms with Gasteiger partial charge in [0, 0.05) is 18.2 Å². The lowest BCUT2D eigenvalue weighted by atomic mass is 9.97. The summed E-state index contributed by atoms with van der Waals surface area (Å²) >= 11 is 6.09. The molecule has 0 fully saturated rings. The van der Waals surface area contributed by atoms with Gasteiger partial charge in [0.05, 0.1) is 9.95 Å². The molecule has 1 unspecified atom stereocenters. The van der Waals surface area contributed by atoms with Crippen molar-refractivity contribution in [3.63, 3.8) is 0 Å². The molecule has 4 nitrogen and oxygen atoms in total. The fourth-order valence-electron chi connectivity index (χ4n) is 2.29. The van der Waals surface area contributed by atoms with E-state index in [9.17, 15) is 10.1 Å². The van der Waals surface area contributed by atoms with Crippen LogP contribution in [-0.2, 0) is 12.8 Å². The molecule has 0 radical (unpaired) electrons. The number of benzene rings is 2. The van der Waals surface area contributed by atoms with Crippen molar-refractivity contribution < 1.29 is 4.92 Å². The average molecular weight is 305 g/mol. The molecule has 0 bridgehead atoms. The van der Waals surface area contributed by atoms with Crippen molar-refractivity contribution in [3.8, 4) is 0 Å². The van der Waals surface area contributed by atoms with Crippen molar-refractivity contribution in [2.75, 3.05) is 0 Å². The van der Waals surface area contributed by atoms with E-state index < -0.39 is 4.92 Å². The minimum absolute atomic E-state index is 0.00350.